The summed E-state index contributed by atoms with van der Waals surface area (Å²) in [5.74, 6) is 3.60. The molecule has 0 unspecified atom stereocenters. The van der Waals surface area contributed by atoms with Crippen molar-refractivity contribution in [2.24, 2.45) is 15.9 Å². The number of nitrogens with zero attached hydrogens (tertiary/aromatic N) is 3. The first kappa shape index (κ1) is 21.7. The molecule has 2 aliphatic heterocycles. The summed E-state index contributed by atoms with van der Waals surface area (Å²) in [6.07, 6.45) is 0.319. The number of sulfonamides is 1. The minimum Gasteiger partial charge on any atom is -0.461 e. The number of furan rings is 1. The smallest absolute Gasteiger partial charge is 0.231 e. The molecule has 0 saturated heterocycles. The first-order valence-corrected chi connectivity index (χ1v) is 12.6. The van der Waals surface area contributed by atoms with Gasteiger partial charge in [0.1, 0.15) is 35.5 Å². The lowest BCUT2D eigenvalue weighted by Gasteiger charge is -2.16. The van der Waals surface area contributed by atoms with Crippen LogP contribution >= 0.6 is 11.8 Å². The Hall–Kier alpha value is -3.16. The number of benzene rings is 1. The van der Waals surface area contributed by atoms with Crippen molar-refractivity contribution in [3.8, 4) is 22.8 Å². The van der Waals surface area contributed by atoms with Crippen LogP contribution in [0.5, 0.6) is 11.5 Å². The maximum absolute atomic E-state index is 11.4. The van der Waals surface area contributed by atoms with Gasteiger partial charge in [-0.05, 0) is 37.6 Å². The molecule has 2 aliphatic rings. The lowest BCUT2D eigenvalue weighted by Crippen LogP contribution is -2.24. The van der Waals surface area contributed by atoms with Crippen molar-refractivity contribution in [2.45, 2.75) is 29.9 Å². The quantitative estimate of drug-likeness (QED) is 0.450. The molecule has 1 aromatic carbocycles. The van der Waals surface area contributed by atoms with Gasteiger partial charge < -0.3 is 29.5 Å². The van der Waals surface area contributed by atoms with Gasteiger partial charge in [0, 0.05) is 17.0 Å². The molecule has 0 aliphatic carbocycles. The van der Waals surface area contributed by atoms with Gasteiger partial charge in [0.15, 0.2) is 16.7 Å². The molecule has 0 fully saturated rings. The van der Waals surface area contributed by atoms with Crippen molar-refractivity contribution in [2.75, 3.05) is 24.5 Å². The predicted molar refractivity (Wildman–Crippen MR) is 123 cm³/mol. The zero-order chi connectivity index (χ0) is 23.2. The van der Waals surface area contributed by atoms with Gasteiger partial charge in [-0.3, -0.25) is 0 Å². The number of primary sulfonamides is 1. The molecule has 5 N–H and O–H groups in total. The van der Waals surface area contributed by atoms with Crippen molar-refractivity contribution in [3.63, 3.8) is 0 Å². The van der Waals surface area contributed by atoms with Gasteiger partial charge >= 0.3 is 0 Å². The molecule has 0 amide bonds. The Balaban J connectivity index is 1.56. The van der Waals surface area contributed by atoms with E-state index in [1.807, 2.05) is 35.8 Å². The Morgan fingerprint density at radius 2 is 2.03 bits per heavy atom. The second-order valence-electron chi connectivity index (χ2n) is 7.56. The highest BCUT2D eigenvalue weighted by molar-refractivity contribution is 7.99. The SMILES string of the molecule is Cc1ccc(-c2cc3c(cc2Sc2nc4c(n2CCCS(N)(=O)=O)NCN=C4N)OCO3)o1. The molecule has 0 radical (unpaired) electrons. The largest absolute Gasteiger partial charge is 0.461 e. The minimum absolute atomic E-state index is 0.144. The summed E-state index contributed by atoms with van der Waals surface area (Å²) in [5, 5.41) is 8.98. The molecule has 33 heavy (non-hydrogen) atoms. The normalized spacial score (nSPS) is 14.7. The van der Waals surface area contributed by atoms with Crippen LogP contribution in [0.2, 0.25) is 0 Å². The van der Waals surface area contributed by atoms with Crippen LogP contribution in [0.3, 0.4) is 0 Å². The average molecular weight is 491 g/mol. The van der Waals surface area contributed by atoms with E-state index in [9.17, 15) is 8.42 Å². The van der Waals surface area contributed by atoms with Gasteiger partial charge in [-0.15, -0.1) is 0 Å². The Kier molecular flexibility index (Phi) is 5.46. The van der Waals surface area contributed by atoms with Crippen LogP contribution in [0.15, 0.2) is 43.7 Å². The van der Waals surface area contributed by atoms with Crippen LogP contribution < -0.4 is 25.7 Å². The van der Waals surface area contributed by atoms with E-state index in [1.54, 1.807) is 0 Å². The van der Waals surface area contributed by atoms with Gasteiger partial charge in [-0.25, -0.2) is 23.5 Å². The van der Waals surface area contributed by atoms with Crippen molar-refractivity contribution in [1.82, 2.24) is 9.55 Å². The Labute approximate surface area is 194 Å². The molecule has 5 rings (SSSR count). The molecule has 0 spiro atoms. The van der Waals surface area contributed by atoms with E-state index >= 15 is 0 Å². The Morgan fingerprint density at radius 3 is 2.76 bits per heavy atom. The second kappa shape index (κ2) is 8.32. The number of hydrogen-bond donors (Lipinski definition) is 3. The summed E-state index contributed by atoms with van der Waals surface area (Å²) in [5.41, 5.74) is 7.42. The van der Waals surface area contributed by atoms with E-state index in [1.165, 1.54) is 11.8 Å². The van der Waals surface area contributed by atoms with Crippen LogP contribution in [0, 0.1) is 6.92 Å². The molecule has 2 aromatic heterocycles. The first-order valence-electron chi connectivity index (χ1n) is 10.1. The Bertz CT molecular complexity index is 1360. The van der Waals surface area contributed by atoms with Crippen LogP contribution in [0.25, 0.3) is 11.3 Å². The number of aliphatic imine (C=N–C) groups is 1. The molecule has 13 heteroatoms. The summed E-state index contributed by atoms with van der Waals surface area (Å²) in [6.45, 7) is 2.71. The molecule has 174 valence electrons. The third kappa shape index (κ3) is 4.38. The number of anilines is 1. The number of nitrogens with two attached hydrogens (primary N) is 2. The average Bonchev–Trinajstić information content (AvgIpc) is 3.46. The fourth-order valence-electron chi connectivity index (χ4n) is 3.65. The lowest BCUT2D eigenvalue weighted by atomic mass is 10.1. The number of rotatable bonds is 7. The predicted octanol–water partition coefficient (Wildman–Crippen LogP) is 2.10. The molecular weight excluding hydrogens is 468 g/mol. The zero-order valence-electron chi connectivity index (χ0n) is 17.7. The van der Waals surface area contributed by atoms with Crippen molar-refractivity contribution in [3.05, 3.63) is 35.7 Å². The van der Waals surface area contributed by atoms with E-state index in [2.05, 4.69) is 10.3 Å². The van der Waals surface area contributed by atoms with Gasteiger partial charge in [-0.1, -0.05) is 11.8 Å². The van der Waals surface area contributed by atoms with Gasteiger partial charge in [0.05, 0.1) is 5.75 Å². The van der Waals surface area contributed by atoms with Gasteiger partial charge in [0.2, 0.25) is 16.8 Å². The molecule has 11 nitrogen and oxygen atoms in total. The van der Waals surface area contributed by atoms with E-state index in [0.717, 1.165) is 16.2 Å². The number of ether oxygens (including phenoxy) is 2. The highest BCUT2D eigenvalue weighted by atomic mass is 32.2. The summed E-state index contributed by atoms with van der Waals surface area (Å²) >= 11 is 1.39. The maximum Gasteiger partial charge on any atom is 0.231 e. The summed E-state index contributed by atoms with van der Waals surface area (Å²) in [6, 6.07) is 7.55. The van der Waals surface area contributed by atoms with E-state index in [0.29, 0.717) is 59.4 Å². The van der Waals surface area contributed by atoms with Crippen molar-refractivity contribution >= 4 is 33.4 Å². The monoisotopic (exact) mass is 490 g/mol. The number of aromatic nitrogens is 2. The lowest BCUT2D eigenvalue weighted by molar-refractivity contribution is 0.174. The molecule has 4 heterocycles. The third-order valence-electron chi connectivity index (χ3n) is 5.16. The molecular formula is C20H22N6O5S2. The number of fused-ring (bicyclic) bond motifs is 2. The number of hydrogen-bond acceptors (Lipinski definition) is 10. The highest BCUT2D eigenvalue weighted by Gasteiger charge is 2.26. The van der Waals surface area contributed by atoms with Crippen molar-refractivity contribution in [1.29, 1.82) is 0 Å². The van der Waals surface area contributed by atoms with Crippen LogP contribution in [-0.4, -0.2) is 43.0 Å². The topological polar surface area (TPSA) is 160 Å². The number of nitrogens with one attached hydrogen (secondary N) is 1. The zero-order valence-corrected chi connectivity index (χ0v) is 19.3. The standard InChI is InChI=1S/C20H22N6O5S2/c1-11-3-4-13(31-11)12-7-14-15(30-10-29-14)8-16(12)32-20-25-17-18(21)23-9-24-19(17)26(20)5-2-6-33(22,27)28/h3-4,7-8,24H,2,5-6,9-10H2,1H3,(H2,21,23)(H2,22,27,28). The van der Waals surface area contributed by atoms with Crippen LogP contribution in [-0.2, 0) is 16.6 Å². The second-order valence-corrected chi connectivity index (χ2v) is 10.3. The Morgan fingerprint density at radius 1 is 1.24 bits per heavy atom. The molecule has 0 atom stereocenters. The van der Waals surface area contributed by atoms with Crippen LogP contribution in [0.1, 0.15) is 17.9 Å². The van der Waals surface area contributed by atoms with E-state index < -0.39 is 10.0 Å². The third-order valence-corrected chi connectivity index (χ3v) is 7.07. The number of imidazole rings is 1. The van der Waals surface area contributed by atoms with Gasteiger partial charge in [0.25, 0.3) is 0 Å². The highest BCUT2D eigenvalue weighted by Crippen LogP contribution is 2.45. The van der Waals surface area contributed by atoms with Gasteiger partial charge in [-0.2, -0.15) is 0 Å². The summed E-state index contributed by atoms with van der Waals surface area (Å²) in [4.78, 5) is 9.73. The fourth-order valence-corrected chi connectivity index (χ4v) is 5.25. The molecule has 0 saturated carbocycles. The van der Waals surface area contributed by atoms with E-state index in [4.69, 9.17) is 29.7 Å². The molecule has 3 aromatic rings. The minimum atomic E-state index is -3.58. The summed E-state index contributed by atoms with van der Waals surface area (Å²) in [7, 11) is -3.58. The van der Waals surface area contributed by atoms with Crippen molar-refractivity contribution < 1.29 is 22.3 Å². The number of amidine groups is 1. The van der Waals surface area contributed by atoms with Crippen LogP contribution in [0.4, 0.5) is 5.82 Å². The first-order chi connectivity index (χ1) is 15.8. The van der Waals surface area contributed by atoms with E-state index in [-0.39, 0.29) is 12.5 Å². The summed E-state index contributed by atoms with van der Waals surface area (Å²) < 4.78 is 41.8. The fraction of sp³-hybridized carbons (Fsp3) is 0.300. The number of aryl methyl sites for hydroxylation is 1. The molecule has 0 bridgehead atoms. The maximum atomic E-state index is 11.4.